The van der Waals surface area contributed by atoms with Crippen LogP contribution in [0.15, 0.2) is 91.0 Å². The smallest absolute Gasteiger partial charge is 0.0205 e. The van der Waals surface area contributed by atoms with Crippen molar-refractivity contribution in [2.45, 2.75) is 26.6 Å². The summed E-state index contributed by atoms with van der Waals surface area (Å²) >= 11 is 0. The molecule has 0 bridgehead atoms. The Hall–Kier alpha value is -2.46. The van der Waals surface area contributed by atoms with Gasteiger partial charge in [-0.25, -0.2) is 0 Å². The van der Waals surface area contributed by atoms with Crippen LogP contribution in [0.25, 0.3) is 0 Å². The minimum absolute atomic E-state index is 0.109. The fourth-order valence-corrected chi connectivity index (χ4v) is 3.50. The summed E-state index contributed by atoms with van der Waals surface area (Å²) in [7, 11) is 0. The van der Waals surface area contributed by atoms with E-state index in [0.29, 0.717) is 0 Å². The Balaban J connectivity index is 1.51. The zero-order valence-corrected chi connectivity index (χ0v) is 17.4. The van der Waals surface area contributed by atoms with Gasteiger partial charge in [0.2, 0.25) is 0 Å². The fourth-order valence-electron chi connectivity index (χ4n) is 3.50. The first-order valence-corrected chi connectivity index (χ1v) is 10.5. The lowest BCUT2D eigenvalue weighted by molar-refractivity contribution is 0.272. The summed E-state index contributed by atoms with van der Waals surface area (Å²) in [6.45, 7) is 7.89. The van der Waals surface area contributed by atoms with Crippen LogP contribution in [0.1, 0.15) is 23.6 Å². The van der Waals surface area contributed by atoms with Crippen LogP contribution in [0.2, 0.25) is 0 Å². The molecule has 0 fully saturated rings. The Labute approximate surface area is 175 Å². The molecule has 0 aliphatic rings. The number of rotatable bonds is 12. The second-order valence-corrected chi connectivity index (χ2v) is 8.08. The zero-order chi connectivity index (χ0) is 20.2. The molecule has 0 heterocycles. The van der Waals surface area contributed by atoms with Gasteiger partial charge >= 0.3 is 0 Å². The molecule has 3 N–H and O–H groups in total. The topological polar surface area (TPSA) is 36.1 Å². The van der Waals surface area contributed by atoms with Crippen molar-refractivity contribution >= 4 is 0 Å². The lowest BCUT2D eigenvalue weighted by atomic mass is 9.89. The quantitative estimate of drug-likeness (QED) is 0.432. The van der Waals surface area contributed by atoms with Gasteiger partial charge in [-0.2, -0.15) is 0 Å². The van der Waals surface area contributed by atoms with Crippen LogP contribution >= 0.6 is 0 Å². The number of hydrogen-bond donors (Lipinski definition) is 3. The minimum atomic E-state index is 0.109. The molecule has 0 aromatic heterocycles. The van der Waals surface area contributed by atoms with E-state index in [1.807, 2.05) is 0 Å². The molecule has 0 amide bonds. The molecule has 152 valence electrons. The fraction of sp³-hybridized carbons (Fsp3) is 0.308. The molecule has 0 aliphatic heterocycles. The number of benzene rings is 3. The Kier molecular flexibility index (Phi) is 8.44. The summed E-state index contributed by atoms with van der Waals surface area (Å²) in [4.78, 5) is 0. The average molecular weight is 388 g/mol. The van der Waals surface area contributed by atoms with E-state index in [4.69, 9.17) is 0 Å². The SMILES string of the molecule is CC(CNCc1ccccc1)(CNCc1ccccc1)CNCc1ccccc1. The van der Waals surface area contributed by atoms with Gasteiger partial charge < -0.3 is 16.0 Å². The third-order valence-electron chi connectivity index (χ3n) is 5.17. The molecule has 0 saturated carbocycles. The normalized spacial score (nSPS) is 11.5. The van der Waals surface area contributed by atoms with Crippen molar-refractivity contribution in [3.8, 4) is 0 Å². The minimum Gasteiger partial charge on any atom is -0.312 e. The van der Waals surface area contributed by atoms with Crippen molar-refractivity contribution in [3.05, 3.63) is 108 Å². The van der Waals surface area contributed by atoms with Gasteiger partial charge in [0.05, 0.1) is 0 Å². The first-order chi connectivity index (χ1) is 14.2. The van der Waals surface area contributed by atoms with Crippen molar-refractivity contribution < 1.29 is 0 Å². The molecule has 0 saturated heterocycles. The second kappa shape index (κ2) is 11.5. The van der Waals surface area contributed by atoms with Crippen LogP contribution in [0.5, 0.6) is 0 Å². The second-order valence-electron chi connectivity index (χ2n) is 8.08. The van der Waals surface area contributed by atoms with Crippen LogP contribution in [-0.4, -0.2) is 19.6 Å². The van der Waals surface area contributed by atoms with E-state index in [-0.39, 0.29) is 5.41 Å². The molecule has 3 nitrogen and oxygen atoms in total. The van der Waals surface area contributed by atoms with Crippen molar-refractivity contribution in [3.63, 3.8) is 0 Å². The monoisotopic (exact) mass is 387 g/mol. The van der Waals surface area contributed by atoms with Gasteiger partial charge in [0, 0.05) is 44.7 Å². The van der Waals surface area contributed by atoms with Crippen molar-refractivity contribution in [2.75, 3.05) is 19.6 Å². The third kappa shape index (κ3) is 7.82. The van der Waals surface area contributed by atoms with Gasteiger partial charge in [-0.05, 0) is 16.7 Å². The third-order valence-corrected chi connectivity index (χ3v) is 5.17. The van der Waals surface area contributed by atoms with E-state index < -0.39 is 0 Å². The van der Waals surface area contributed by atoms with E-state index in [0.717, 1.165) is 39.3 Å². The van der Waals surface area contributed by atoms with Crippen LogP contribution in [0, 0.1) is 5.41 Å². The molecule has 3 heteroatoms. The average Bonchev–Trinajstić information content (AvgIpc) is 2.76. The first-order valence-electron chi connectivity index (χ1n) is 10.5. The molecule has 0 aliphatic carbocycles. The van der Waals surface area contributed by atoms with E-state index in [9.17, 15) is 0 Å². The first kappa shape index (κ1) is 21.3. The predicted octanol–water partition coefficient (Wildman–Crippen LogP) is 4.36. The van der Waals surface area contributed by atoms with Gasteiger partial charge in [-0.3, -0.25) is 0 Å². The van der Waals surface area contributed by atoms with E-state index in [1.165, 1.54) is 16.7 Å². The Bertz CT molecular complexity index is 692. The molecule has 0 atom stereocenters. The maximum absolute atomic E-state index is 3.66. The van der Waals surface area contributed by atoms with E-state index in [1.54, 1.807) is 0 Å². The molecule has 0 spiro atoms. The van der Waals surface area contributed by atoms with E-state index in [2.05, 4.69) is 114 Å². The Morgan fingerprint density at radius 2 is 0.759 bits per heavy atom. The van der Waals surface area contributed by atoms with Crippen LogP contribution in [0.3, 0.4) is 0 Å². The summed E-state index contributed by atoms with van der Waals surface area (Å²) in [6, 6.07) is 31.8. The summed E-state index contributed by atoms with van der Waals surface area (Å²) < 4.78 is 0. The van der Waals surface area contributed by atoms with Gasteiger partial charge in [-0.1, -0.05) is 97.9 Å². The lowest BCUT2D eigenvalue weighted by Gasteiger charge is -2.31. The van der Waals surface area contributed by atoms with Crippen LogP contribution in [0.4, 0.5) is 0 Å². The van der Waals surface area contributed by atoms with Gasteiger partial charge in [0.1, 0.15) is 0 Å². The molecule has 3 rings (SSSR count). The van der Waals surface area contributed by atoms with Crippen molar-refractivity contribution in [2.24, 2.45) is 5.41 Å². The van der Waals surface area contributed by atoms with Gasteiger partial charge in [0.25, 0.3) is 0 Å². The summed E-state index contributed by atoms with van der Waals surface area (Å²) in [5, 5.41) is 11.0. The summed E-state index contributed by atoms with van der Waals surface area (Å²) in [5.74, 6) is 0. The van der Waals surface area contributed by atoms with Gasteiger partial charge in [0.15, 0.2) is 0 Å². The highest BCUT2D eigenvalue weighted by Crippen LogP contribution is 2.14. The Morgan fingerprint density at radius 1 is 0.483 bits per heavy atom. The highest BCUT2D eigenvalue weighted by atomic mass is 15.0. The molecule has 0 radical (unpaired) electrons. The summed E-state index contributed by atoms with van der Waals surface area (Å²) in [6.07, 6.45) is 0. The highest BCUT2D eigenvalue weighted by Gasteiger charge is 2.23. The summed E-state index contributed by atoms with van der Waals surface area (Å²) in [5.41, 5.74) is 4.08. The van der Waals surface area contributed by atoms with Crippen molar-refractivity contribution in [1.82, 2.24) is 16.0 Å². The standard InChI is InChI=1S/C26H33N3/c1-26(20-27-17-23-11-5-2-6-12-23,21-28-18-24-13-7-3-8-14-24)22-29-19-25-15-9-4-10-16-25/h2-16,27-29H,17-22H2,1H3. The zero-order valence-electron chi connectivity index (χ0n) is 17.4. The number of hydrogen-bond acceptors (Lipinski definition) is 3. The lowest BCUT2D eigenvalue weighted by Crippen LogP contribution is -2.46. The molecule has 3 aromatic rings. The molecule has 0 unspecified atom stereocenters. The molecule has 29 heavy (non-hydrogen) atoms. The van der Waals surface area contributed by atoms with Crippen LogP contribution < -0.4 is 16.0 Å². The van der Waals surface area contributed by atoms with Crippen LogP contribution in [-0.2, 0) is 19.6 Å². The largest absolute Gasteiger partial charge is 0.312 e. The molecular weight excluding hydrogens is 354 g/mol. The molecule has 3 aromatic carbocycles. The molecular formula is C26H33N3. The highest BCUT2D eigenvalue weighted by molar-refractivity contribution is 5.16. The Morgan fingerprint density at radius 3 is 1.03 bits per heavy atom. The predicted molar refractivity (Wildman–Crippen MR) is 123 cm³/mol. The maximum atomic E-state index is 3.66. The maximum Gasteiger partial charge on any atom is 0.0205 e. The number of nitrogens with one attached hydrogen (secondary N) is 3. The van der Waals surface area contributed by atoms with Gasteiger partial charge in [-0.15, -0.1) is 0 Å². The van der Waals surface area contributed by atoms with Crippen molar-refractivity contribution in [1.29, 1.82) is 0 Å². The van der Waals surface area contributed by atoms with E-state index >= 15 is 0 Å².